The molecular formula is C22H28N2O2S. The van der Waals surface area contributed by atoms with Crippen LogP contribution in [0.2, 0.25) is 0 Å². The first kappa shape index (κ1) is 19.6. The summed E-state index contributed by atoms with van der Waals surface area (Å²) in [5.41, 5.74) is 5.09. The second-order valence-electron chi connectivity index (χ2n) is 6.99. The predicted molar refractivity (Wildman–Crippen MR) is 114 cm³/mol. The second-order valence-corrected chi connectivity index (χ2v) is 7.97. The van der Waals surface area contributed by atoms with Crippen molar-refractivity contribution in [2.24, 2.45) is 0 Å². The lowest BCUT2D eigenvalue weighted by Gasteiger charge is -2.36. The van der Waals surface area contributed by atoms with E-state index < -0.39 is 0 Å². The standard InChI is InChI=1S/C22H28N2O2S/c1-17-4-5-18(2)19(14-17)15-27-16-22(25)24-12-10-23(11-13-24)20-6-8-21(26-3)9-7-20/h4-9,14H,10-13,15-16H2,1-3H3. The maximum Gasteiger partial charge on any atom is 0.232 e. The number of carbonyl (C=O) groups is 1. The van der Waals surface area contributed by atoms with Crippen molar-refractivity contribution in [3.63, 3.8) is 0 Å². The third-order valence-corrected chi connectivity index (χ3v) is 6.02. The highest BCUT2D eigenvalue weighted by atomic mass is 32.2. The Hall–Kier alpha value is -2.14. The molecule has 5 heteroatoms. The van der Waals surface area contributed by atoms with Crippen molar-refractivity contribution >= 4 is 23.4 Å². The molecule has 1 aliphatic rings. The molecule has 1 aliphatic heterocycles. The van der Waals surface area contributed by atoms with Gasteiger partial charge in [-0.25, -0.2) is 0 Å². The van der Waals surface area contributed by atoms with Crippen molar-refractivity contribution in [2.45, 2.75) is 19.6 Å². The summed E-state index contributed by atoms with van der Waals surface area (Å²) >= 11 is 1.71. The maximum atomic E-state index is 12.5. The first-order chi connectivity index (χ1) is 13.1. The van der Waals surface area contributed by atoms with E-state index in [0.717, 1.165) is 37.7 Å². The van der Waals surface area contributed by atoms with Crippen molar-refractivity contribution in [1.29, 1.82) is 0 Å². The highest BCUT2D eigenvalue weighted by Crippen LogP contribution is 2.21. The van der Waals surface area contributed by atoms with Gasteiger partial charge < -0.3 is 14.5 Å². The topological polar surface area (TPSA) is 32.8 Å². The van der Waals surface area contributed by atoms with E-state index >= 15 is 0 Å². The Morgan fingerprint density at radius 3 is 2.41 bits per heavy atom. The minimum atomic E-state index is 0.250. The van der Waals surface area contributed by atoms with Crippen LogP contribution < -0.4 is 9.64 Å². The Kier molecular flexibility index (Phi) is 6.67. The van der Waals surface area contributed by atoms with Crippen LogP contribution in [0.3, 0.4) is 0 Å². The Morgan fingerprint density at radius 1 is 1.04 bits per heavy atom. The maximum absolute atomic E-state index is 12.5. The fourth-order valence-electron chi connectivity index (χ4n) is 3.30. The largest absolute Gasteiger partial charge is 0.497 e. The summed E-state index contributed by atoms with van der Waals surface area (Å²) in [5.74, 6) is 2.56. The molecule has 1 fully saturated rings. The van der Waals surface area contributed by atoms with E-state index in [-0.39, 0.29) is 5.91 Å². The van der Waals surface area contributed by atoms with Crippen molar-refractivity contribution < 1.29 is 9.53 Å². The zero-order valence-electron chi connectivity index (χ0n) is 16.4. The van der Waals surface area contributed by atoms with Gasteiger partial charge in [-0.1, -0.05) is 23.8 Å². The molecule has 0 aliphatic carbocycles. The number of ether oxygens (including phenoxy) is 1. The van der Waals surface area contributed by atoms with E-state index in [9.17, 15) is 4.79 Å². The number of methoxy groups -OCH3 is 1. The third-order valence-electron chi connectivity index (χ3n) is 5.06. The van der Waals surface area contributed by atoms with Crippen LogP contribution in [0.25, 0.3) is 0 Å². The van der Waals surface area contributed by atoms with E-state index in [1.54, 1.807) is 18.9 Å². The lowest BCUT2D eigenvalue weighted by Crippen LogP contribution is -2.49. The molecular weight excluding hydrogens is 356 g/mol. The van der Waals surface area contributed by atoms with Gasteiger partial charge in [0.25, 0.3) is 0 Å². The number of nitrogens with zero attached hydrogens (tertiary/aromatic N) is 2. The number of rotatable bonds is 6. The number of thioether (sulfide) groups is 1. The molecule has 144 valence electrons. The van der Waals surface area contributed by atoms with Crippen LogP contribution in [-0.2, 0) is 10.5 Å². The fraction of sp³-hybridized carbons (Fsp3) is 0.409. The van der Waals surface area contributed by atoms with Crippen molar-refractivity contribution in [3.8, 4) is 5.75 Å². The average molecular weight is 385 g/mol. The van der Waals surface area contributed by atoms with Crippen LogP contribution in [0.4, 0.5) is 5.69 Å². The molecule has 0 saturated carbocycles. The number of hydrogen-bond acceptors (Lipinski definition) is 4. The van der Waals surface area contributed by atoms with Gasteiger partial charge in [0.15, 0.2) is 0 Å². The number of aryl methyl sites for hydroxylation is 2. The van der Waals surface area contributed by atoms with Gasteiger partial charge in [-0.2, -0.15) is 0 Å². The lowest BCUT2D eigenvalue weighted by molar-refractivity contribution is -0.128. The number of amides is 1. The minimum absolute atomic E-state index is 0.250. The number of carbonyl (C=O) groups excluding carboxylic acids is 1. The molecule has 0 atom stereocenters. The van der Waals surface area contributed by atoms with Gasteiger partial charge in [0.05, 0.1) is 12.9 Å². The number of anilines is 1. The van der Waals surface area contributed by atoms with E-state index in [2.05, 4.69) is 49.1 Å². The molecule has 0 aromatic heterocycles. The summed E-state index contributed by atoms with van der Waals surface area (Å²) in [6.07, 6.45) is 0. The van der Waals surface area contributed by atoms with Crippen molar-refractivity contribution in [1.82, 2.24) is 4.90 Å². The first-order valence-corrected chi connectivity index (χ1v) is 10.5. The minimum Gasteiger partial charge on any atom is -0.497 e. The summed E-state index contributed by atoms with van der Waals surface area (Å²) in [6, 6.07) is 14.6. The van der Waals surface area contributed by atoms with Crippen molar-refractivity contribution in [2.75, 3.05) is 43.9 Å². The summed E-state index contributed by atoms with van der Waals surface area (Å²) in [4.78, 5) is 16.9. The summed E-state index contributed by atoms with van der Waals surface area (Å²) < 4.78 is 5.21. The summed E-state index contributed by atoms with van der Waals surface area (Å²) in [7, 11) is 1.68. The molecule has 1 saturated heterocycles. The lowest BCUT2D eigenvalue weighted by atomic mass is 10.1. The highest BCUT2D eigenvalue weighted by Gasteiger charge is 2.21. The van der Waals surface area contributed by atoms with Gasteiger partial charge in [-0.3, -0.25) is 4.79 Å². The Labute approximate surface area is 166 Å². The number of hydrogen-bond donors (Lipinski definition) is 0. The first-order valence-electron chi connectivity index (χ1n) is 9.37. The van der Waals surface area contributed by atoms with Crippen LogP contribution in [0.1, 0.15) is 16.7 Å². The highest BCUT2D eigenvalue weighted by molar-refractivity contribution is 7.99. The van der Waals surface area contributed by atoms with Gasteiger partial charge in [0, 0.05) is 37.6 Å². The molecule has 1 amide bonds. The van der Waals surface area contributed by atoms with E-state index in [0.29, 0.717) is 5.75 Å². The molecule has 27 heavy (non-hydrogen) atoms. The van der Waals surface area contributed by atoms with Crippen LogP contribution in [0.5, 0.6) is 5.75 Å². The predicted octanol–water partition coefficient (Wildman–Crippen LogP) is 3.89. The molecule has 0 N–H and O–H groups in total. The van der Waals surface area contributed by atoms with Crippen LogP contribution in [0.15, 0.2) is 42.5 Å². The molecule has 0 unspecified atom stereocenters. The van der Waals surface area contributed by atoms with Crippen LogP contribution >= 0.6 is 11.8 Å². The SMILES string of the molecule is COc1ccc(N2CCN(C(=O)CSCc3cc(C)ccc3C)CC2)cc1. The molecule has 1 heterocycles. The van der Waals surface area contributed by atoms with Crippen LogP contribution in [0, 0.1) is 13.8 Å². The summed E-state index contributed by atoms with van der Waals surface area (Å²) in [5, 5.41) is 0. The zero-order chi connectivity index (χ0) is 19.2. The fourth-order valence-corrected chi connectivity index (χ4v) is 4.29. The number of benzene rings is 2. The smallest absolute Gasteiger partial charge is 0.232 e. The van der Waals surface area contributed by atoms with Gasteiger partial charge >= 0.3 is 0 Å². The Bertz CT molecular complexity index is 768. The Morgan fingerprint density at radius 2 is 1.74 bits per heavy atom. The van der Waals surface area contributed by atoms with E-state index in [1.165, 1.54) is 22.4 Å². The molecule has 0 spiro atoms. The normalized spacial score (nSPS) is 14.3. The molecule has 2 aromatic rings. The molecule has 3 rings (SSSR count). The van der Waals surface area contributed by atoms with E-state index in [4.69, 9.17) is 4.74 Å². The quantitative estimate of drug-likeness (QED) is 0.756. The van der Waals surface area contributed by atoms with Crippen LogP contribution in [-0.4, -0.2) is 49.8 Å². The monoisotopic (exact) mass is 384 g/mol. The van der Waals surface area contributed by atoms with Gasteiger partial charge in [0.1, 0.15) is 5.75 Å². The molecule has 0 radical (unpaired) electrons. The van der Waals surface area contributed by atoms with Gasteiger partial charge in [-0.05, 0) is 49.2 Å². The summed E-state index contributed by atoms with van der Waals surface area (Å²) in [6.45, 7) is 7.57. The Balaban J connectivity index is 1.44. The third kappa shape index (κ3) is 5.19. The van der Waals surface area contributed by atoms with E-state index in [1.807, 2.05) is 17.0 Å². The second kappa shape index (κ2) is 9.18. The average Bonchev–Trinajstić information content (AvgIpc) is 2.70. The molecule has 0 bridgehead atoms. The van der Waals surface area contributed by atoms with Gasteiger partial charge in [-0.15, -0.1) is 11.8 Å². The van der Waals surface area contributed by atoms with Crippen molar-refractivity contribution in [3.05, 3.63) is 59.2 Å². The molecule has 2 aromatic carbocycles. The molecule has 4 nitrogen and oxygen atoms in total. The number of piperazine rings is 1. The van der Waals surface area contributed by atoms with Gasteiger partial charge in [0.2, 0.25) is 5.91 Å². The zero-order valence-corrected chi connectivity index (χ0v) is 17.2.